The minimum Gasteiger partial charge on any atom is -0.480 e. The van der Waals surface area contributed by atoms with Gasteiger partial charge >= 0.3 is 5.97 Å². The standard InChI is InChI=1S/C9H17NO3.ClH/c1-8(6-13-7-9(11)12)10-4-2-3-5-10;/h8H,2-7H2,1H3,(H,11,12);1H. The molecule has 0 radical (unpaired) electrons. The first-order valence-electron chi connectivity index (χ1n) is 4.73. The molecule has 5 heteroatoms. The van der Waals surface area contributed by atoms with Crippen LogP contribution in [0.1, 0.15) is 19.8 Å². The summed E-state index contributed by atoms with van der Waals surface area (Å²) in [7, 11) is 0. The zero-order chi connectivity index (χ0) is 9.68. The highest BCUT2D eigenvalue weighted by Crippen LogP contribution is 2.11. The summed E-state index contributed by atoms with van der Waals surface area (Å²) in [6, 6.07) is 0.349. The van der Waals surface area contributed by atoms with Crippen molar-refractivity contribution in [3.8, 4) is 0 Å². The summed E-state index contributed by atoms with van der Waals surface area (Å²) in [5.41, 5.74) is 0. The van der Waals surface area contributed by atoms with Crippen LogP contribution in [0.15, 0.2) is 0 Å². The van der Waals surface area contributed by atoms with E-state index in [1.54, 1.807) is 0 Å². The van der Waals surface area contributed by atoms with Gasteiger partial charge in [-0.15, -0.1) is 12.4 Å². The maximum Gasteiger partial charge on any atom is 0.329 e. The van der Waals surface area contributed by atoms with Crippen molar-refractivity contribution in [1.82, 2.24) is 4.90 Å². The lowest BCUT2D eigenvalue weighted by Crippen LogP contribution is -2.34. The molecule has 0 aliphatic carbocycles. The van der Waals surface area contributed by atoms with Gasteiger partial charge in [-0.05, 0) is 32.9 Å². The van der Waals surface area contributed by atoms with Gasteiger partial charge in [0.15, 0.2) is 0 Å². The Labute approximate surface area is 90.6 Å². The average Bonchev–Trinajstić information content (AvgIpc) is 2.55. The monoisotopic (exact) mass is 223 g/mol. The van der Waals surface area contributed by atoms with Crippen molar-refractivity contribution >= 4 is 18.4 Å². The molecule has 1 unspecified atom stereocenters. The molecule has 4 nitrogen and oxygen atoms in total. The number of carbonyl (C=O) groups is 1. The lowest BCUT2D eigenvalue weighted by atomic mass is 10.3. The van der Waals surface area contributed by atoms with Crippen LogP contribution < -0.4 is 0 Å². The maximum absolute atomic E-state index is 10.2. The van der Waals surface area contributed by atoms with E-state index in [9.17, 15) is 4.79 Å². The van der Waals surface area contributed by atoms with Crippen LogP contribution in [0.5, 0.6) is 0 Å². The van der Waals surface area contributed by atoms with Gasteiger partial charge in [0.2, 0.25) is 0 Å². The second kappa shape index (κ2) is 7.04. The molecule has 0 aromatic rings. The molecule has 1 aliphatic heterocycles. The molecule has 0 aromatic heterocycles. The third-order valence-electron chi connectivity index (χ3n) is 2.35. The number of rotatable bonds is 5. The van der Waals surface area contributed by atoms with Crippen molar-refractivity contribution in [2.75, 3.05) is 26.3 Å². The smallest absolute Gasteiger partial charge is 0.329 e. The largest absolute Gasteiger partial charge is 0.480 e. The second-order valence-corrected chi connectivity index (χ2v) is 3.50. The Morgan fingerprint density at radius 1 is 1.50 bits per heavy atom. The van der Waals surface area contributed by atoms with Crippen molar-refractivity contribution in [2.45, 2.75) is 25.8 Å². The molecule has 1 saturated heterocycles. The Morgan fingerprint density at radius 3 is 2.57 bits per heavy atom. The molecule has 84 valence electrons. The van der Waals surface area contributed by atoms with Crippen LogP contribution in [-0.4, -0.2) is 48.3 Å². The Bertz CT molecular complexity index is 171. The number of aliphatic carboxylic acids is 1. The van der Waals surface area contributed by atoms with Crippen LogP contribution in [0.25, 0.3) is 0 Å². The van der Waals surface area contributed by atoms with Gasteiger partial charge in [-0.25, -0.2) is 4.79 Å². The average molecular weight is 224 g/mol. The van der Waals surface area contributed by atoms with Crippen LogP contribution in [-0.2, 0) is 9.53 Å². The summed E-state index contributed by atoms with van der Waals surface area (Å²) < 4.78 is 5.03. The molecule has 0 bridgehead atoms. The van der Waals surface area contributed by atoms with Crippen molar-refractivity contribution in [2.24, 2.45) is 0 Å². The number of carboxylic acids is 1. The van der Waals surface area contributed by atoms with Gasteiger partial charge in [-0.1, -0.05) is 0 Å². The van der Waals surface area contributed by atoms with Crippen LogP contribution in [0, 0.1) is 0 Å². The number of hydrogen-bond acceptors (Lipinski definition) is 3. The quantitative estimate of drug-likeness (QED) is 0.756. The Kier molecular flexibility index (Phi) is 6.87. The molecule has 1 aliphatic rings. The molecule has 0 amide bonds. The van der Waals surface area contributed by atoms with Crippen LogP contribution >= 0.6 is 12.4 Å². The predicted octanol–water partition coefficient (Wildman–Crippen LogP) is 0.994. The number of halogens is 1. The molecular weight excluding hydrogens is 206 g/mol. The molecule has 1 rings (SSSR count). The first kappa shape index (κ1) is 13.7. The first-order valence-corrected chi connectivity index (χ1v) is 4.73. The van der Waals surface area contributed by atoms with E-state index in [2.05, 4.69) is 11.8 Å². The van der Waals surface area contributed by atoms with E-state index >= 15 is 0 Å². The van der Waals surface area contributed by atoms with Gasteiger partial charge in [0.25, 0.3) is 0 Å². The van der Waals surface area contributed by atoms with Gasteiger partial charge in [0, 0.05) is 6.04 Å². The topological polar surface area (TPSA) is 49.8 Å². The molecule has 14 heavy (non-hydrogen) atoms. The Morgan fingerprint density at radius 2 is 2.07 bits per heavy atom. The van der Waals surface area contributed by atoms with Gasteiger partial charge in [0.1, 0.15) is 6.61 Å². The highest BCUT2D eigenvalue weighted by molar-refractivity contribution is 5.85. The molecular formula is C9H18ClNO3. The summed E-state index contributed by atoms with van der Waals surface area (Å²) in [6.07, 6.45) is 2.51. The molecule has 1 heterocycles. The fourth-order valence-electron chi connectivity index (χ4n) is 1.60. The summed E-state index contributed by atoms with van der Waals surface area (Å²) in [4.78, 5) is 12.5. The SMILES string of the molecule is CC(COCC(=O)O)N1CCCC1.Cl. The highest BCUT2D eigenvalue weighted by Gasteiger charge is 2.17. The number of nitrogens with zero attached hydrogens (tertiary/aromatic N) is 1. The predicted molar refractivity (Wildman–Crippen MR) is 56.0 cm³/mol. The zero-order valence-electron chi connectivity index (χ0n) is 8.44. The van der Waals surface area contributed by atoms with Crippen molar-refractivity contribution in [3.05, 3.63) is 0 Å². The lowest BCUT2D eigenvalue weighted by molar-refractivity contribution is -0.142. The van der Waals surface area contributed by atoms with E-state index in [4.69, 9.17) is 9.84 Å². The van der Waals surface area contributed by atoms with Crippen molar-refractivity contribution < 1.29 is 14.6 Å². The summed E-state index contributed by atoms with van der Waals surface area (Å²) >= 11 is 0. The van der Waals surface area contributed by atoms with Gasteiger partial charge in [-0.3, -0.25) is 4.90 Å². The van der Waals surface area contributed by atoms with Gasteiger partial charge in [-0.2, -0.15) is 0 Å². The molecule has 0 saturated carbocycles. The maximum atomic E-state index is 10.2. The van der Waals surface area contributed by atoms with E-state index in [0.29, 0.717) is 12.6 Å². The fourth-order valence-corrected chi connectivity index (χ4v) is 1.60. The third-order valence-corrected chi connectivity index (χ3v) is 2.35. The lowest BCUT2D eigenvalue weighted by Gasteiger charge is -2.22. The van der Waals surface area contributed by atoms with E-state index in [0.717, 1.165) is 13.1 Å². The van der Waals surface area contributed by atoms with Crippen LogP contribution in [0.3, 0.4) is 0 Å². The Balaban J connectivity index is 0.00000169. The van der Waals surface area contributed by atoms with E-state index in [1.165, 1.54) is 12.8 Å². The number of ether oxygens (including phenoxy) is 1. The van der Waals surface area contributed by atoms with Crippen LogP contribution in [0.2, 0.25) is 0 Å². The second-order valence-electron chi connectivity index (χ2n) is 3.50. The molecule has 1 atom stereocenters. The minimum absolute atomic E-state index is 0. The zero-order valence-corrected chi connectivity index (χ0v) is 9.26. The van der Waals surface area contributed by atoms with E-state index in [-0.39, 0.29) is 19.0 Å². The fraction of sp³-hybridized carbons (Fsp3) is 0.889. The third kappa shape index (κ3) is 4.79. The summed E-state index contributed by atoms with van der Waals surface area (Å²) in [5, 5.41) is 8.35. The number of carboxylic acid groups (broad SMARTS) is 1. The Hall–Kier alpha value is -0.320. The molecule has 0 spiro atoms. The molecule has 1 N–H and O–H groups in total. The van der Waals surface area contributed by atoms with Crippen molar-refractivity contribution in [1.29, 1.82) is 0 Å². The van der Waals surface area contributed by atoms with E-state index in [1.807, 2.05) is 0 Å². The first-order chi connectivity index (χ1) is 6.20. The minimum atomic E-state index is -0.895. The summed E-state index contributed by atoms with van der Waals surface area (Å²) in [6.45, 7) is 4.66. The number of likely N-dealkylation sites (tertiary alicyclic amines) is 1. The van der Waals surface area contributed by atoms with Crippen molar-refractivity contribution in [3.63, 3.8) is 0 Å². The van der Waals surface area contributed by atoms with Gasteiger partial charge < -0.3 is 9.84 Å². The number of hydrogen-bond donors (Lipinski definition) is 1. The molecule has 1 fully saturated rings. The molecule has 0 aromatic carbocycles. The van der Waals surface area contributed by atoms with Gasteiger partial charge in [0.05, 0.1) is 6.61 Å². The highest BCUT2D eigenvalue weighted by atomic mass is 35.5. The normalized spacial score (nSPS) is 18.9. The van der Waals surface area contributed by atoms with E-state index < -0.39 is 5.97 Å². The van der Waals surface area contributed by atoms with Crippen LogP contribution in [0.4, 0.5) is 0 Å². The summed E-state index contributed by atoms with van der Waals surface area (Å²) in [5.74, 6) is -0.895.